The lowest BCUT2D eigenvalue weighted by Gasteiger charge is -2.37. The maximum absolute atomic E-state index is 13.6. The van der Waals surface area contributed by atoms with Crippen LogP contribution in [0.4, 0.5) is 8.78 Å². The molecule has 0 bridgehead atoms. The number of halogens is 2. The van der Waals surface area contributed by atoms with E-state index in [2.05, 4.69) is 5.32 Å². The van der Waals surface area contributed by atoms with Crippen molar-refractivity contribution in [2.45, 2.75) is 18.9 Å². The number of hydrogen-bond acceptors (Lipinski definition) is 4. The third kappa shape index (κ3) is 4.78. The lowest BCUT2D eigenvalue weighted by molar-refractivity contribution is -0.134. The number of nitrogens with zero attached hydrogens (tertiary/aromatic N) is 1. The molecule has 1 atom stereocenters. The van der Waals surface area contributed by atoms with Crippen LogP contribution >= 0.6 is 0 Å². The Balaban J connectivity index is 1.57. The van der Waals surface area contributed by atoms with Gasteiger partial charge in [0.2, 0.25) is 5.91 Å². The molecule has 0 saturated carbocycles. The summed E-state index contributed by atoms with van der Waals surface area (Å²) in [4.78, 5) is 14.6. The minimum Gasteiger partial charge on any atom is -0.496 e. The molecule has 7 heteroatoms. The summed E-state index contributed by atoms with van der Waals surface area (Å²) in [5, 5.41) is 3.32. The Morgan fingerprint density at radius 2 is 2.04 bits per heavy atom. The standard InChI is InChI=1S/C21H24F2N2O3/c1-27-19-6-3-2-5-16(19)18-14-24-10-11-25(18)21(26)7-4-12-28-20-9-8-15(22)13-17(20)23/h2-3,5-6,8-9,13,18,24H,4,7,10-12,14H2,1H3. The van der Waals surface area contributed by atoms with E-state index in [0.29, 0.717) is 19.5 Å². The van der Waals surface area contributed by atoms with Crippen LogP contribution in [0, 0.1) is 11.6 Å². The predicted molar refractivity (Wildman–Crippen MR) is 101 cm³/mol. The highest BCUT2D eigenvalue weighted by Crippen LogP contribution is 2.30. The monoisotopic (exact) mass is 390 g/mol. The number of nitrogens with one attached hydrogen (secondary N) is 1. The third-order valence-electron chi connectivity index (χ3n) is 4.75. The van der Waals surface area contributed by atoms with E-state index in [9.17, 15) is 13.6 Å². The zero-order valence-corrected chi connectivity index (χ0v) is 15.8. The number of carbonyl (C=O) groups excluding carboxylic acids is 1. The first-order chi connectivity index (χ1) is 13.6. The maximum Gasteiger partial charge on any atom is 0.223 e. The van der Waals surface area contributed by atoms with Gasteiger partial charge in [-0.1, -0.05) is 18.2 Å². The summed E-state index contributed by atoms with van der Waals surface area (Å²) in [6.45, 7) is 2.17. The molecule has 1 aliphatic heterocycles. The summed E-state index contributed by atoms with van der Waals surface area (Å²) < 4.78 is 37.3. The van der Waals surface area contributed by atoms with Crippen LogP contribution in [0.5, 0.6) is 11.5 Å². The van der Waals surface area contributed by atoms with Gasteiger partial charge in [0.05, 0.1) is 19.8 Å². The molecule has 1 N–H and O–H groups in total. The molecule has 0 spiro atoms. The van der Waals surface area contributed by atoms with Gasteiger partial charge < -0.3 is 19.7 Å². The topological polar surface area (TPSA) is 50.8 Å². The van der Waals surface area contributed by atoms with E-state index in [1.807, 2.05) is 29.2 Å². The van der Waals surface area contributed by atoms with Crippen molar-refractivity contribution in [2.75, 3.05) is 33.4 Å². The summed E-state index contributed by atoms with van der Waals surface area (Å²) in [6, 6.07) is 10.8. The van der Waals surface area contributed by atoms with Gasteiger partial charge in [-0.3, -0.25) is 4.79 Å². The molecule has 3 rings (SSSR count). The number of benzene rings is 2. The van der Waals surface area contributed by atoms with Crippen LogP contribution < -0.4 is 14.8 Å². The van der Waals surface area contributed by atoms with Crippen molar-refractivity contribution in [1.82, 2.24) is 10.2 Å². The van der Waals surface area contributed by atoms with Crippen molar-refractivity contribution in [3.05, 3.63) is 59.7 Å². The van der Waals surface area contributed by atoms with Crippen LogP contribution in [-0.4, -0.2) is 44.2 Å². The van der Waals surface area contributed by atoms with Crippen molar-refractivity contribution >= 4 is 5.91 Å². The number of amides is 1. The van der Waals surface area contributed by atoms with E-state index >= 15 is 0 Å². The first-order valence-electron chi connectivity index (χ1n) is 9.31. The number of para-hydroxylation sites is 1. The Kier molecular flexibility index (Phi) is 6.81. The zero-order chi connectivity index (χ0) is 19.9. The molecular weight excluding hydrogens is 366 g/mol. The normalized spacial score (nSPS) is 16.7. The number of methoxy groups -OCH3 is 1. The number of piperazine rings is 1. The van der Waals surface area contributed by atoms with E-state index in [-0.39, 0.29) is 30.7 Å². The molecule has 1 saturated heterocycles. The lowest BCUT2D eigenvalue weighted by Crippen LogP contribution is -2.48. The first-order valence-corrected chi connectivity index (χ1v) is 9.31. The van der Waals surface area contributed by atoms with Crippen LogP contribution in [0.3, 0.4) is 0 Å². The molecule has 0 aliphatic carbocycles. The van der Waals surface area contributed by atoms with Gasteiger partial charge in [0.1, 0.15) is 11.6 Å². The minimum atomic E-state index is -0.746. The van der Waals surface area contributed by atoms with Gasteiger partial charge in [-0.2, -0.15) is 0 Å². The highest BCUT2D eigenvalue weighted by Gasteiger charge is 2.29. The van der Waals surface area contributed by atoms with E-state index < -0.39 is 11.6 Å². The summed E-state index contributed by atoms with van der Waals surface area (Å²) in [5.41, 5.74) is 0.968. The van der Waals surface area contributed by atoms with Crippen molar-refractivity contribution in [3.8, 4) is 11.5 Å². The molecular formula is C21H24F2N2O3. The van der Waals surface area contributed by atoms with Gasteiger partial charge in [-0.15, -0.1) is 0 Å². The molecule has 5 nitrogen and oxygen atoms in total. The number of ether oxygens (including phenoxy) is 2. The van der Waals surface area contributed by atoms with E-state index in [1.54, 1.807) is 7.11 Å². The van der Waals surface area contributed by atoms with Gasteiger partial charge in [0.15, 0.2) is 11.6 Å². The van der Waals surface area contributed by atoms with Gasteiger partial charge in [-0.25, -0.2) is 8.78 Å². The third-order valence-corrected chi connectivity index (χ3v) is 4.75. The van der Waals surface area contributed by atoms with Crippen LogP contribution in [0.25, 0.3) is 0 Å². The van der Waals surface area contributed by atoms with Crippen LogP contribution in [0.1, 0.15) is 24.4 Å². The summed E-state index contributed by atoms with van der Waals surface area (Å²) in [7, 11) is 1.62. The second-order valence-corrected chi connectivity index (χ2v) is 6.58. The number of hydrogen-bond donors (Lipinski definition) is 1. The highest BCUT2D eigenvalue weighted by atomic mass is 19.1. The summed E-state index contributed by atoms with van der Waals surface area (Å²) in [6.07, 6.45) is 0.729. The molecule has 0 aromatic heterocycles. The van der Waals surface area contributed by atoms with Crippen LogP contribution in [-0.2, 0) is 4.79 Å². The van der Waals surface area contributed by atoms with Crippen LogP contribution in [0.2, 0.25) is 0 Å². The molecule has 150 valence electrons. The average Bonchev–Trinajstić information content (AvgIpc) is 2.72. The van der Waals surface area contributed by atoms with Gasteiger partial charge in [0.25, 0.3) is 0 Å². The second kappa shape index (κ2) is 9.50. The maximum atomic E-state index is 13.6. The van der Waals surface area contributed by atoms with E-state index in [1.165, 1.54) is 6.07 Å². The summed E-state index contributed by atoms with van der Waals surface area (Å²) >= 11 is 0. The zero-order valence-electron chi connectivity index (χ0n) is 15.8. The highest BCUT2D eigenvalue weighted by molar-refractivity contribution is 5.77. The molecule has 28 heavy (non-hydrogen) atoms. The van der Waals surface area contributed by atoms with E-state index in [4.69, 9.17) is 9.47 Å². The Morgan fingerprint density at radius 3 is 2.82 bits per heavy atom. The minimum absolute atomic E-state index is 0.0112. The Labute approximate surface area is 163 Å². The van der Waals surface area contributed by atoms with Crippen molar-refractivity contribution in [1.29, 1.82) is 0 Å². The molecule has 2 aromatic carbocycles. The second-order valence-electron chi connectivity index (χ2n) is 6.58. The van der Waals surface area contributed by atoms with Crippen molar-refractivity contribution < 1.29 is 23.0 Å². The fraction of sp³-hybridized carbons (Fsp3) is 0.381. The molecule has 0 radical (unpaired) electrons. The van der Waals surface area contributed by atoms with Gasteiger partial charge in [-0.05, 0) is 24.6 Å². The molecule has 1 heterocycles. The molecule has 1 unspecified atom stereocenters. The predicted octanol–water partition coefficient (Wildman–Crippen LogP) is 3.31. The molecule has 2 aromatic rings. The Hall–Kier alpha value is -2.67. The fourth-order valence-corrected chi connectivity index (χ4v) is 3.36. The Bertz CT molecular complexity index is 816. The quantitative estimate of drug-likeness (QED) is 0.737. The van der Waals surface area contributed by atoms with Gasteiger partial charge >= 0.3 is 0 Å². The molecule has 1 aliphatic rings. The SMILES string of the molecule is COc1ccccc1C1CNCCN1C(=O)CCCOc1ccc(F)cc1F. The smallest absolute Gasteiger partial charge is 0.223 e. The largest absolute Gasteiger partial charge is 0.496 e. The van der Waals surface area contributed by atoms with Crippen molar-refractivity contribution in [3.63, 3.8) is 0 Å². The van der Waals surface area contributed by atoms with Gasteiger partial charge in [0, 0.05) is 37.7 Å². The number of rotatable bonds is 7. The molecule has 1 fully saturated rings. The summed E-state index contributed by atoms with van der Waals surface area (Å²) in [5.74, 6) is -0.640. The van der Waals surface area contributed by atoms with Crippen LogP contribution in [0.15, 0.2) is 42.5 Å². The Morgan fingerprint density at radius 1 is 1.21 bits per heavy atom. The van der Waals surface area contributed by atoms with Crippen molar-refractivity contribution in [2.24, 2.45) is 0 Å². The number of carbonyl (C=O) groups is 1. The molecule has 1 amide bonds. The lowest BCUT2D eigenvalue weighted by atomic mass is 10.0. The average molecular weight is 390 g/mol. The van der Waals surface area contributed by atoms with E-state index in [0.717, 1.165) is 30.0 Å². The fourth-order valence-electron chi connectivity index (χ4n) is 3.36. The first kappa shape index (κ1) is 20.1.